The third kappa shape index (κ3) is 4.52. The first kappa shape index (κ1) is 19.3. The van der Waals surface area contributed by atoms with Gasteiger partial charge in [0.1, 0.15) is 0 Å². The molecular weight excluding hydrogens is 362 g/mol. The zero-order valence-electron chi connectivity index (χ0n) is 14.7. The van der Waals surface area contributed by atoms with Crippen LogP contribution in [0, 0.1) is 5.41 Å². The standard InChI is InChI=1S/C18H20ClNO4S/c1-18(2,3)14(21)9-15-20-17(22)13(25-15)8-10-6-11(19)16(24-5)12(7-10)23-4/h6-9H,1-5H3,(H,20,22)/b13-8-,15-9+. The average Bonchev–Trinajstić information content (AvgIpc) is 2.85. The predicted octanol–water partition coefficient (Wildman–Crippen LogP) is 2.33. The summed E-state index contributed by atoms with van der Waals surface area (Å²) in [4.78, 5) is 26.9. The topological polar surface area (TPSA) is 68.4 Å². The number of nitrogens with one attached hydrogen (secondary N) is 1. The fourth-order valence-electron chi connectivity index (χ4n) is 2.03. The van der Waals surface area contributed by atoms with Gasteiger partial charge in [-0.2, -0.15) is 0 Å². The maximum Gasteiger partial charge on any atom is 0.266 e. The maximum absolute atomic E-state index is 12.1. The molecule has 0 amide bonds. The number of ether oxygens (including phenoxy) is 2. The third-order valence-corrected chi connectivity index (χ3v) is 4.68. The second kappa shape index (κ2) is 7.45. The number of H-pyrrole nitrogens is 1. The van der Waals surface area contributed by atoms with Crippen molar-refractivity contribution in [2.75, 3.05) is 14.2 Å². The van der Waals surface area contributed by atoms with Crippen molar-refractivity contribution in [2.24, 2.45) is 5.41 Å². The van der Waals surface area contributed by atoms with Gasteiger partial charge in [0.05, 0.1) is 28.4 Å². The van der Waals surface area contributed by atoms with Crippen LogP contribution < -0.4 is 24.2 Å². The number of carbonyl (C=O) groups excluding carboxylic acids is 1. The summed E-state index contributed by atoms with van der Waals surface area (Å²) in [7, 11) is 3.02. The van der Waals surface area contributed by atoms with E-state index in [4.69, 9.17) is 21.1 Å². The molecule has 1 heterocycles. The predicted molar refractivity (Wildman–Crippen MR) is 101 cm³/mol. The van der Waals surface area contributed by atoms with E-state index in [1.165, 1.54) is 31.6 Å². The number of aromatic amines is 1. The van der Waals surface area contributed by atoms with Crippen LogP contribution in [0.2, 0.25) is 5.02 Å². The van der Waals surface area contributed by atoms with Crippen LogP contribution in [0.1, 0.15) is 26.3 Å². The Balaban J connectivity index is 2.54. The normalized spacial score (nSPS) is 13.2. The number of rotatable bonds is 4. The lowest BCUT2D eigenvalue weighted by Crippen LogP contribution is -2.22. The summed E-state index contributed by atoms with van der Waals surface area (Å²) in [6.45, 7) is 5.49. The monoisotopic (exact) mass is 381 g/mol. The van der Waals surface area contributed by atoms with Crippen LogP contribution >= 0.6 is 22.9 Å². The lowest BCUT2D eigenvalue weighted by molar-refractivity contribution is -0.119. The second-order valence-corrected chi connectivity index (χ2v) is 7.92. The Morgan fingerprint density at radius 2 is 1.92 bits per heavy atom. The Kier molecular flexibility index (Phi) is 5.75. The molecule has 0 aliphatic heterocycles. The van der Waals surface area contributed by atoms with E-state index in [-0.39, 0.29) is 11.3 Å². The molecule has 0 aliphatic carbocycles. The van der Waals surface area contributed by atoms with Crippen LogP contribution in [0.3, 0.4) is 0 Å². The number of thiazole rings is 1. The van der Waals surface area contributed by atoms with Crippen LogP contribution in [0.5, 0.6) is 11.5 Å². The highest BCUT2D eigenvalue weighted by Crippen LogP contribution is 2.36. The van der Waals surface area contributed by atoms with Gasteiger partial charge in [-0.15, -0.1) is 11.3 Å². The molecule has 1 aromatic heterocycles. The van der Waals surface area contributed by atoms with Crippen molar-refractivity contribution in [2.45, 2.75) is 20.8 Å². The molecule has 0 bridgehead atoms. The quantitative estimate of drug-likeness (QED) is 0.882. The largest absolute Gasteiger partial charge is 0.493 e. The zero-order valence-corrected chi connectivity index (χ0v) is 16.3. The molecule has 0 aliphatic rings. The van der Waals surface area contributed by atoms with E-state index in [2.05, 4.69) is 4.98 Å². The Morgan fingerprint density at radius 3 is 2.48 bits per heavy atom. The van der Waals surface area contributed by atoms with Crippen LogP contribution in [0.15, 0.2) is 16.9 Å². The molecule has 2 rings (SSSR count). The van der Waals surface area contributed by atoms with Gasteiger partial charge >= 0.3 is 0 Å². The Hall–Kier alpha value is -2.05. The SMILES string of the molecule is COc1cc(/C=c2\s/c(=C/C(=O)C(C)(C)C)[nH]c2=O)cc(Cl)c1OC. The van der Waals surface area contributed by atoms with E-state index >= 15 is 0 Å². The number of hydrogen-bond acceptors (Lipinski definition) is 5. The molecule has 5 nitrogen and oxygen atoms in total. The zero-order chi connectivity index (χ0) is 18.8. The Morgan fingerprint density at radius 1 is 1.24 bits per heavy atom. The van der Waals surface area contributed by atoms with Crippen molar-refractivity contribution in [3.8, 4) is 11.5 Å². The average molecular weight is 382 g/mol. The molecule has 0 unspecified atom stereocenters. The third-order valence-electron chi connectivity index (χ3n) is 3.44. The van der Waals surface area contributed by atoms with Gasteiger partial charge in [-0.25, -0.2) is 0 Å². The van der Waals surface area contributed by atoms with E-state index in [9.17, 15) is 9.59 Å². The van der Waals surface area contributed by atoms with Crippen molar-refractivity contribution < 1.29 is 14.3 Å². The number of hydrogen-bond donors (Lipinski definition) is 1. The fraction of sp³-hybridized carbons (Fsp3) is 0.333. The molecule has 0 atom stereocenters. The molecule has 1 aromatic carbocycles. The van der Waals surface area contributed by atoms with E-state index in [1.54, 1.807) is 18.2 Å². The summed E-state index contributed by atoms with van der Waals surface area (Å²) in [6, 6.07) is 3.42. The fourth-order valence-corrected chi connectivity index (χ4v) is 3.21. The summed E-state index contributed by atoms with van der Waals surface area (Å²) < 4.78 is 11.4. The molecule has 1 N–H and O–H groups in total. The Bertz CT molecular complexity index is 966. The molecule has 134 valence electrons. The summed E-state index contributed by atoms with van der Waals surface area (Å²) in [5.74, 6) is 0.862. The number of ketones is 1. The minimum Gasteiger partial charge on any atom is -0.493 e. The van der Waals surface area contributed by atoms with Gasteiger partial charge in [-0.05, 0) is 23.8 Å². The highest BCUT2D eigenvalue weighted by Gasteiger charge is 2.18. The molecule has 25 heavy (non-hydrogen) atoms. The van der Waals surface area contributed by atoms with Crippen molar-refractivity contribution in [3.05, 3.63) is 42.3 Å². The summed E-state index contributed by atoms with van der Waals surface area (Å²) >= 11 is 7.40. The van der Waals surface area contributed by atoms with Crippen molar-refractivity contribution >= 4 is 40.9 Å². The van der Waals surface area contributed by atoms with E-state index in [1.807, 2.05) is 20.8 Å². The number of carbonyl (C=O) groups is 1. The molecule has 0 radical (unpaired) electrons. The van der Waals surface area contributed by atoms with E-state index < -0.39 is 5.41 Å². The maximum atomic E-state index is 12.1. The highest BCUT2D eigenvalue weighted by molar-refractivity contribution is 7.07. The first-order valence-electron chi connectivity index (χ1n) is 7.54. The lowest BCUT2D eigenvalue weighted by Gasteiger charge is -2.12. The van der Waals surface area contributed by atoms with Crippen molar-refractivity contribution in [1.29, 1.82) is 0 Å². The number of aromatic nitrogens is 1. The van der Waals surface area contributed by atoms with Gasteiger partial charge in [-0.1, -0.05) is 32.4 Å². The van der Waals surface area contributed by atoms with Crippen LogP contribution in [0.25, 0.3) is 12.2 Å². The smallest absolute Gasteiger partial charge is 0.266 e. The van der Waals surface area contributed by atoms with Gasteiger partial charge in [-0.3, -0.25) is 9.59 Å². The molecule has 0 spiro atoms. The van der Waals surface area contributed by atoms with Crippen LogP contribution in [0.4, 0.5) is 0 Å². The van der Waals surface area contributed by atoms with Gasteiger partial charge in [0.2, 0.25) is 0 Å². The van der Waals surface area contributed by atoms with Crippen LogP contribution in [-0.2, 0) is 4.79 Å². The van der Waals surface area contributed by atoms with E-state index in [0.717, 1.165) is 0 Å². The first-order valence-corrected chi connectivity index (χ1v) is 8.73. The number of methoxy groups -OCH3 is 2. The minimum absolute atomic E-state index is 0.0503. The van der Waals surface area contributed by atoms with Gasteiger partial charge < -0.3 is 14.5 Å². The summed E-state index contributed by atoms with van der Waals surface area (Å²) in [5, 5.41) is 0.385. The van der Waals surface area contributed by atoms with Crippen molar-refractivity contribution in [1.82, 2.24) is 4.98 Å². The lowest BCUT2D eigenvalue weighted by atomic mass is 9.91. The van der Waals surface area contributed by atoms with Gasteiger partial charge in [0, 0.05) is 11.5 Å². The number of Topliss-reactive ketones (excluding diaryl/α,β-unsaturated/α-hetero) is 1. The molecule has 2 aromatic rings. The molecular formula is C18H20ClNO4S. The molecule has 0 saturated carbocycles. The van der Waals surface area contributed by atoms with Gasteiger partial charge in [0.25, 0.3) is 5.56 Å². The summed E-state index contributed by atoms with van der Waals surface area (Å²) in [5.41, 5.74) is -0.0608. The molecule has 0 saturated heterocycles. The summed E-state index contributed by atoms with van der Waals surface area (Å²) in [6.07, 6.45) is 3.15. The highest BCUT2D eigenvalue weighted by atomic mass is 35.5. The molecule has 7 heteroatoms. The first-order chi connectivity index (χ1) is 11.7. The van der Waals surface area contributed by atoms with Gasteiger partial charge in [0.15, 0.2) is 17.3 Å². The second-order valence-electron chi connectivity index (χ2n) is 6.43. The minimum atomic E-state index is -0.498. The number of benzene rings is 1. The van der Waals surface area contributed by atoms with Crippen LogP contribution in [-0.4, -0.2) is 25.0 Å². The Labute approximate surface area is 154 Å². The molecule has 0 fully saturated rings. The van der Waals surface area contributed by atoms with E-state index in [0.29, 0.717) is 31.3 Å². The number of halogens is 1. The van der Waals surface area contributed by atoms with Crippen molar-refractivity contribution in [3.63, 3.8) is 0 Å².